The quantitative estimate of drug-likeness (QED) is 0.281. The number of terminal acetylenes is 1. The molecule has 0 aliphatic carbocycles. The van der Waals surface area contributed by atoms with Crippen LogP contribution in [0.15, 0.2) is 47.6 Å². The minimum atomic E-state index is -5.78. The van der Waals surface area contributed by atoms with Gasteiger partial charge >= 0.3 is 15.5 Å². The van der Waals surface area contributed by atoms with Crippen molar-refractivity contribution in [2.45, 2.75) is 12.4 Å². The number of halogens is 5. The van der Waals surface area contributed by atoms with Crippen LogP contribution in [0.1, 0.15) is 12.5 Å². The molecule has 0 atom stereocenters. The highest BCUT2D eigenvalue weighted by atomic mass is 35.5. The molecular formula is C18H13ClF4N2O3S. The molecule has 0 aliphatic rings. The summed E-state index contributed by atoms with van der Waals surface area (Å²) in [6, 6.07) is 8.32. The first-order valence-corrected chi connectivity index (χ1v) is 9.58. The molecule has 5 nitrogen and oxygen atoms in total. The molecule has 0 heterocycles. The molecule has 154 valence electrons. The fourth-order valence-corrected chi connectivity index (χ4v) is 3.27. The van der Waals surface area contributed by atoms with Gasteiger partial charge in [-0.1, -0.05) is 22.7 Å². The van der Waals surface area contributed by atoms with Crippen LogP contribution in [0.2, 0.25) is 5.02 Å². The van der Waals surface area contributed by atoms with Gasteiger partial charge in [0.05, 0.1) is 17.9 Å². The number of anilines is 1. The van der Waals surface area contributed by atoms with Gasteiger partial charge in [0.2, 0.25) is 0 Å². The van der Waals surface area contributed by atoms with E-state index in [4.69, 9.17) is 22.9 Å². The summed E-state index contributed by atoms with van der Waals surface area (Å²) in [5.74, 6) is 1.54. The fraction of sp³-hybridized carbons (Fsp3) is 0.167. The smallest absolute Gasteiger partial charge is 0.357 e. The zero-order valence-corrected chi connectivity index (χ0v) is 16.3. The number of hydrogen-bond donors (Lipinski definition) is 0. The second-order valence-corrected chi connectivity index (χ2v) is 7.84. The van der Waals surface area contributed by atoms with Crippen LogP contribution >= 0.6 is 11.6 Å². The van der Waals surface area contributed by atoms with Crippen molar-refractivity contribution in [3.8, 4) is 18.1 Å². The van der Waals surface area contributed by atoms with Crippen molar-refractivity contribution in [1.82, 2.24) is 0 Å². The van der Waals surface area contributed by atoms with Crippen molar-refractivity contribution in [2.75, 3.05) is 10.8 Å². The van der Waals surface area contributed by atoms with Crippen molar-refractivity contribution in [2.24, 2.45) is 5.16 Å². The third kappa shape index (κ3) is 5.19. The van der Waals surface area contributed by atoms with E-state index in [9.17, 15) is 26.0 Å². The lowest BCUT2D eigenvalue weighted by atomic mass is 10.1. The van der Waals surface area contributed by atoms with Gasteiger partial charge in [0.15, 0.2) is 5.75 Å². The van der Waals surface area contributed by atoms with Crippen LogP contribution < -0.4 is 9.14 Å². The number of rotatable bonds is 6. The number of sulfonamides is 1. The topological polar surface area (TPSA) is 59.0 Å². The van der Waals surface area contributed by atoms with Gasteiger partial charge in [-0.15, -0.1) is 6.42 Å². The maximum Gasteiger partial charge on any atom is 0.516 e. The fourth-order valence-electron chi connectivity index (χ4n) is 2.19. The van der Waals surface area contributed by atoms with Gasteiger partial charge in [-0.2, -0.15) is 21.6 Å². The van der Waals surface area contributed by atoms with Gasteiger partial charge in [-0.05, 0) is 49.4 Å². The van der Waals surface area contributed by atoms with E-state index in [0.29, 0.717) is 0 Å². The Kier molecular flexibility index (Phi) is 6.77. The highest BCUT2D eigenvalue weighted by molar-refractivity contribution is 7.93. The summed E-state index contributed by atoms with van der Waals surface area (Å²) in [5.41, 5.74) is -6.00. The molecule has 0 aliphatic heterocycles. The van der Waals surface area contributed by atoms with Crippen molar-refractivity contribution in [1.29, 1.82) is 0 Å². The summed E-state index contributed by atoms with van der Waals surface area (Å²) >= 11 is 5.91. The molecule has 0 aromatic heterocycles. The van der Waals surface area contributed by atoms with Crippen LogP contribution in [0.3, 0.4) is 0 Å². The normalized spacial score (nSPS) is 12.4. The molecule has 0 spiro atoms. The van der Waals surface area contributed by atoms with E-state index >= 15 is 0 Å². The predicted octanol–water partition coefficient (Wildman–Crippen LogP) is 4.57. The van der Waals surface area contributed by atoms with Crippen LogP contribution in [0.5, 0.6) is 5.75 Å². The van der Waals surface area contributed by atoms with E-state index in [2.05, 4.69) is 5.16 Å². The summed E-state index contributed by atoms with van der Waals surface area (Å²) in [7, 11) is -5.78. The molecule has 2 aromatic rings. The third-order valence-electron chi connectivity index (χ3n) is 3.54. The molecule has 0 bridgehead atoms. The number of alkyl halides is 3. The van der Waals surface area contributed by atoms with E-state index in [-0.39, 0.29) is 32.0 Å². The van der Waals surface area contributed by atoms with Crippen molar-refractivity contribution < 1.29 is 30.8 Å². The summed E-state index contributed by atoms with van der Waals surface area (Å²) in [6.07, 6.45) is 5.07. The molecule has 2 rings (SSSR count). The molecule has 11 heteroatoms. The second kappa shape index (κ2) is 8.71. The van der Waals surface area contributed by atoms with E-state index in [1.54, 1.807) is 0 Å². The lowest BCUT2D eigenvalue weighted by Gasteiger charge is -2.25. The van der Waals surface area contributed by atoms with Crippen LogP contribution in [0.25, 0.3) is 0 Å². The Morgan fingerprint density at radius 2 is 1.86 bits per heavy atom. The zero-order chi connectivity index (χ0) is 21.8. The minimum Gasteiger partial charge on any atom is -0.357 e. The first kappa shape index (κ1) is 22.5. The Morgan fingerprint density at radius 3 is 2.41 bits per heavy atom. The third-order valence-corrected chi connectivity index (χ3v) is 5.26. The lowest BCUT2D eigenvalue weighted by molar-refractivity contribution is -0.0437. The molecular weight excluding hydrogens is 436 g/mol. The Hall–Kier alpha value is -2.77. The molecule has 0 radical (unpaired) electrons. The van der Waals surface area contributed by atoms with E-state index < -0.39 is 27.9 Å². The predicted molar refractivity (Wildman–Crippen MR) is 102 cm³/mol. The molecule has 0 saturated heterocycles. The molecule has 0 saturated carbocycles. The van der Waals surface area contributed by atoms with Crippen molar-refractivity contribution >= 4 is 33.0 Å². The zero-order valence-electron chi connectivity index (χ0n) is 14.7. The maximum absolute atomic E-state index is 13.1. The Bertz CT molecular complexity index is 1060. The highest BCUT2D eigenvalue weighted by Gasteiger charge is 2.50. The van der Waals surface area contributed by atoms with Crippen molar-refractivity contribution in [3.63, 3.8) is 0 Å². The molecule has 0 unspecified atom stereocenters. The highest BCUT2D eigenvalue weighted by Crippen LogP contribution is 2.34. The SMILES string of the molecule is C#CCN(c1ccc(Cl)cc1C(C)=NOc1ccc(F)cc1)S(=O)(=O)C(F)(F)F. The summed E-state index contributed by atoms with van der Waals surface area (Å²) in [4.78, 5) is 5.11. The second-order valence-electron chi connectivity index (χ2n) is 5.54. The van der Waals surface area contributed by atoms with E-state index in [1.165, 1.54) is 31.2 Å². The summed E-state index contributed by atoms with van der Waals surface area (Å²) < 4.78 is 76.2. The van der Waals surface area contributed by atoms with Crippen LogP contribution in [-0.2, 0) is 10.0 Å². The van der Waals surface area contributed by atoms with Gasteiger partial charge in [-0.25, -0.2) is 4.39 Å². The van der Waals surface area contributed by atoms with Crippen LogP contribution in [0.4, 0.5) is 23.2 Å². The summed E-state index contributed by atoms with van der Waals surface area (Å²) in [6.45, 7) is 0.496. The minimum absolute atomic E-state index is 0.00576. The van der Waals surface area contributed by atoms with E-state index in [0.717, 1.165) is 18.2 Å². The first-order chi connectivity index (χ1) is 13.5. The largest absolute Gasteiger partial charge is 0.516 e. The molecule has 0 N–H and O–H groups in total. The Morgan fingerprint density at radius 1 is 1.24 bits per heavy atom. The number of oxime groups is 1. The van der Waals surface area contributed by atoms with Crippen LogP contribution in [-0.4, -0.2) is 26.2 Å². The van der Waals surface area contributed by atoms with Crippen molar-refractivity contribution in [3.05, 3.63) is 58.9 Å². The first-order valence-electron chi connectivity index (χ1n) is 7.77. The lowest BCUT2D eigenvalue weighted by Crippen LogP contribution is -2.41. The van der Waals surface area contributed by atoms with Crippen LogP contribution in [0, 0.1) is 18.2 Å². The van der Waals surface area contributed by atoms with E-state index in [1.807, 2.05) is 5.92 Å². The van der Waals surface area contributed by atoms with Gasteiger partial charge in [0.1, 0.15) is 5.82 Å². The number of hydrogen-bond acceptors (Lipinski definition) is 4. The average molecular weight is 449 g/mol. The maximum atomic E-state index is 13.1. The van der Waals surface area contributed by atoms with Gasteiger partial charge in [0, 0.05) is 10.6 Å². The van der Waals surface area contributed by atoms with Gasteiger partial charge in [-0.3, -0.25) is 4.31 Å². The average Bonchev–Trinajstić information content (AvgIpc) is 2.64. The van der Waals surface area contributed by atoms with Gasteiger partial charge < -0.3 is 4.84 Å². The Balaban J connectivity index is 2.53. The molecule has 0 fully saturated rings. The summed E-state index contributed by atoms with van der Waals surface area (Å²) in [5, 5.41) is 3.88. The number of nitrogens with zero attached hydrogens (tertiary/aromatic N) is 2. The monoisotopic (exact) mass is 448 g/mol. The number of benzene rings is 2. The standard InChI is InChI=1S/C18H13ClF4N2O3S/c1-3-10-25(29(26,27)18(21,22)23)17-9-4-13(19)11-16(17)12(2)24-28-15-7-5-14(20)6-8-15/h1,4-9,11H,10H2,2H3. The van der Waals surface area contributed by atoms with Gasteiger partial charge in [0.25, 0.3) is 0 Å². The Labute approximate surface area is 169 Å². The molecule has 29 heavy (non-hydrogen) atoms. The molecule has 0 amide bonds. The molecule has 2 aromatic carbocycles.